The van der Waals surface area contributed by atoms with Gasteiger partial charge < -0.3 is 5.32 Å². The van der Waals surface area contributed by atoms with Crippen LogP contribution in [0.25, 0.3) is 0 Å². The standard InChI is InChI=1S/C12H20N4O/c1-2-4-10-14-11(16-15-10)12(17)13-8-7-9-5-3-6-9/h9H,2-8H2,1H3,(H,13,17)(H,14,15,16). The maximum absolute atomic E-state index is 11.7. The zero-order valence-electron chi connectivity index (χ0n) is 10.3. The number of aromatic amines is 1. The topological polar surface area (TPSA) is 70.7 Å². The molecule has 5 nitrogen and oxygen atoms in total. The second kappa shape index (κ2) is 5.80. The highest BCUT2D eigenvalue weighted by Gasteiger charge is 2.18. The average molecular weight is 236 g/mol. The van der Waals surface area contributed by atoms with Crippen LogP contribution in [-0.2, 0) is 6.42 Å². The largest absolute Gasteiger partial charge is 0.349 e. The van der Waals surface area contributed by atoms with E-state index in [2.05, 4.69) is 27.4 Å². The molecule has 0 saturated heterocycles. The van der Waals surface area contributed by atoms with Crippen molar-refractivity contribution in [3.8, 4) is 0 Å². The van der Waals surface area contributed by atoms with E-state index in [0.29, 0.717) is 0 Å². The molecule has 1 aliphatic rings. The van der Waals surface area contributed by atoms with Crippen LogP contribution < -0.4 is 5.32 Å². The van der Waals surface area contributed by atoms with E-state index in [0.717, 1.165) is 37.5 Å². The maximum atomic E-state index is 11.7. The fraction of sp³-hybridized carbons (Fsp3) is 0.750. The SMILES string of the molecule is CCCc1nc(C(=O)NCCC2CCC2)n[nH]1. The van der Waals surface area contributed by atoms with E-state index in [4.69, 9.17) is 0 Å². The predicted octanol–water partition coefficient (Wildman–Crippen LogP) is 1.68. The van der Waals surface area contributed by atoms with Crippen LogP contribution in [0.2, 0.25) is 0 Å². The summed E-state index contributed by atoms with van der Waals surface area (Å²) >= 11 is 0. The monoisotopic (exact) mass is 236 g/mol. The van der Waals surface area contributed by atoms with Crippen molar-refractivity contribution in [3.05, 3.63) is 11.6 Å². The van der Waals surface area contributed by atoms with Crippen molar-refractivity contribution in [2.75, 3.05) is 6.54 Å². The quantitative estimate of drug-likeness (QED) is 0.789. The molecule has 0 spiro atoms. The Kier molecular flexibility index (Phi) is 4.12. The predicted molar refractivity (Wildman–Crippen MR) is 64.7 cm³/mol. The smallest absolute Gasteiger partial charge is 0.290 e. The van der Waals surface area contributed by atoms with E-state index < -0.39 is 0 Å². The van der Waals surface area contributed by atoms with Crippen LogP contribution in [0.15, 0.2) is 0 Å². The number of rotatable bonds is 6. The normalized spacial score (nSPS) is 15.6. The minimum Gasteiger partial charge on any atom is -0.349 e. The van der Waals surface area contributed by atoms with Gasteiger partial charge in [0, 0.05) is 13.0 Å². The zero-order chi connectivity index (χ0) is 12.1. The lowest BCUT2D eigenvalue weighted by atomic mass is 9.83. The maximum Gasteiger partial charge on any atom is 0.290 e. The Morgan fingerprint density at radius 2 is 2.35 bits per heavy atom. The van der Waals surface area contributed by atoms with Crippen molar-refractivity contribution >= 4 is 5.91 Å². The molecule has 1 aromatic heterocycles. The molecule has 0 bridgehead atoms. The summed E-state index contributed by atoms with van der Waals surface area (Å²) in [6.07, 6.45) is 6.90. The minimum absolute atomic E-state index is 0.164. The number of amides is 1. The highest BCUT2D eigenvalue weighted by atomic mass is 16.2. The number of aromatic nitrogens is 3. The summed E-state index contributed by atoms with van der Waals surface area (Å²) < 4.78 is 0. The van der Waals surface area contributed by atoms with Crippen LogP contribution in [0.4, 0.5) is 0 Å². The van der Waals surface area contributed by atoms with Gasteiger partial charge in [-0.2, -0.15) is 0 Å². The van der Waals surface area contributed by atoms with Crippen molar-refractivity contribution in [2.45, 2.75) is 45.4 Å². The van der Waals surface area contributed by atoms with E-state index in [-0.39, 0.29) is 11.7 Å². The number of carbonyl (C=O) groups excluding carboxylic acids is 1. The van der Waals surface area contributed by atoms with Crippen LogP contribution in [0, 0.1) is 5.92 Å². The first kappa shape index (κ1) is 12.1. The van der Waals surface area contributed by atoms with Gasteiger partial charge in [0.15, 0.2) is 0 Å². The van der Waals surface area contributed by atoms with Crippen molar-refractivity contribution < 1.29 is 4.79 Å². The molecule has 1 amide bonds. The van der Waals surface area contributed by atoms with Crippen LogP contribution in [0.5, 0.6) is 0 Å². The van der Waals surface area contributed by atoms with Gasteiger partial charge in [0.25, 0.3) is 5.91 Å². The van der Waals surface area contributed by atoms with Gasteiger partial charge in [-0.1, -0.05) is 26.2 Å². The Morgan fingerprint density at radius 3 is 3.00 bits per heavy atom. The number of H-pyrrole nitrogens is 1. The van der Waals surface area contributed by atoms with E-state index >= 15 is 0 Å². The summed E-state index contributed by atoms with van der Waals surface area (Å²) in [6.45, 7) is 2.81. The summed E-state index contributed by atoms with van der Waals surface area (Å²) in [5.74, 6) is 1.71. The molecule has 0 unspecified atom stereocenters. The van der Waals surface area contributed by atoms with Crippen LogP contribution in [0.1, 0.15) is 55.5 Å². The summed E-state index contributed by atoms with van der Waals surface area (Å²) in [5, 5.41) is 9.58. The highest BCUT2D eigenvalue weighted by Crippen LogP contribution is 2.28. The second-order valence-corrected chi connectivity index (χ2v) is 4.70. The minimum atomic E-state index is -0.164. The number of carbonyl (C=O) groups is 1. The second-order valence-electron chi connectivity index (χ2n) is 4.70. The molecular weight excluding hydrogens is 216 g/mol. The third-order valence-electron chi connectivity index (χ3n) is 3.28. The number of hydrogen-bond acceptors (Lipinski definition) is 3. The molecule has 1 heterocycles. The lowest BCUT2D eigenvalue weighted by Gasteiger charge is -2.24. The van der Waals surface area contributed by atoms with Gasteiger partial charge in [0.2, 0.25) is 5.82 Å². The molecule has 94 valence electrons. The zero-order valence-corrected chi connectivity index (χ0v) is 10.3. The van der Waals surface area contributed by atoms with Crippen LogP contribution in [0.3, 0.4) is 0 Å². The van der Waals surface area contributed by atoms with E-state index in [1.807, 2.05) is 0 Å². The van der Waals surface area contributed by atoms with Crippen molar-refractivity contribution in [1.82, 2.24) is 20.5 Å². The summed E-state index contributed by atoms with van der Waals surface area (Å²) in [7, 11) is 0. The molecule has 2 N–H and O–H groups in total. The molecule has 1 fully saturated rings. The summed E-state index contributed by atoms with van der Waals surface area (Å²) in [6, 6.07) is 0. The number of hydrogen-bond donors (Lipinski definition) is 2. The summed E-state index contributed by atoms with van der Waals surface area (Å²) in [5.41, 5.74) is 0. The highest BCUT2D eigenvalue weighted by molar-refractivity contribution is 5.90. The van der Waals surface area contributed by atoms with E-state index in [1.165, 1.54) is 19.3 Å². The van der Waals surface area contributed by atoms with Gasteiger partial charge in [0.1, 0.15) is 5.82 Å². The average Bonchev–Trinajstić information content (AvgIpc) is 2.70. The number of nitrogens with zero attached hydrogens (tertiary/aromatic N) is 2. The Bertz CT molecular complexity index is 370. The first-order valence-electron chi connectivity index (χ1n) is 6.49. The molecule has 1 aromatic rings. The number of nitrogens with one attached hydrogen (secondary N) is 2. The molecule has 0 radical (unpaired) electrons. The van der Waals surface area contributed by atoms with Crippen molar-refractivity contribution in [2.24, 2.45) is 5.92 Å². The lowest BCUT2D eigenvalue weighted by molar-refractivity contribution is 0.0939. The fourth-order valence-electron chi connectivity index (χ4n) is 2.00. The molecule has 2 rings (SSSR count). The van der Waals surface area contributed by atoms with E-state index in [9.17, 15) is 4.79 Å². The third-order valence-corrected chi connectivity index (χ3v) is 3.28. The van der Waals surface area contributed by atoms with E-state index in [1.54, 1.807) is 0 Å². The first-order valence-corrected chi connectivity index (χ1v) is 6.49. The Hall–Kier alpha value is -1.39. The summed E-state index contributed by atoms with van der Waals surface area (Å²) in [4.78, 5) is 15.8. The van der Waals surface area contributed by atoms with Gasteiger partial charge in [0.05, 0.1) is 0 Å². The number of aryl methyl sites for hydroxylation is 1. The van der Waals surface area contributed by atoms with Crippen molar-refractivity contribution in [1.29, 1.82) is 0 Å². The van der Waals surface area contributed by atoms with Gasteiger partial charge in [-0.25, -0.2) is 4.98 Å². The Morgan fingerprint density at radius 1 is 1.53 bits per heavy atom. The molecule has 0 aromatic carbocycles. The molecule has 0 aliphatic heterocycles. The first-order chi connectivity index (χ1) is 8.29. The Labute approximate surface area is 101 Å². The molecule has 1 saturated carbocycles. The lowest BCUT2D eigenvalue weighted by Crippen LogP contribution is -2.28. The molecule has 5 heteroatoms. The Balaban J connectivity index is 1.73. The molecule has 17 heavy (non-hydrogen) atoms. The molecule has 0 atom stereocenters. The van der Waals surface area contributed by atoms with Gasteiger partial charge in [-0.15, -0.1) is 5.10 Å². The van der Waals surface area contributed by atoms with Gasteiger partial charge in [-0.05, 0) is 18.8 Å². The molecular formula is C12H20N4O. The fourth-order valence-corrected chi connectivity index (χ4v) is 2.00. The van der Waals surface area contributed by atoms with Crippen LogP contribution in [-0.4, -0.2) is 27.6 Å². The third kappa shape index (κ3) is 3.28. The van der Waals surface area contributed by atoms with Crippen molar-refractivity contribution in [3.63, 3.8) is 0 Å². The molecule has 1 aliphatic carbocycles. The van der Waals surface area contributed by atoms with Gasteiger partial charge >= 0.3 is 0 Å². The van der Waals surface area contributed by atoms with Gasteiger partial charge in [-0.3, -0.25) is 9.89 Å². The van der Waals surface area contributed by atoms with Crippen LogP contribution >= 0.6 is 0 Å².